The number of hydrogen-bond donors (Lipinski definition) is 1. The van der Waals surface area contributed by atoms with Gasteiger partial charge in [0.1, 0.15) is 4.90 Å². The van der Waals surface area contributed by atoms with E-state index in [9.17, 15) is 21.6 Å². The molecule has 11 heteroatoms. The molecule has 0 bridgehead atoms. The van der Waals surface area contributed by atoms with Gasteiger partial charge >= 0.3 is 0 Å². The van der Waals surface area contributed by atoms with E-state index in [1.54, 1.807) is 0 Å². The van der Waals surface area contributed by atoms with Crippen LogP contribution >= 0.6 is 23.2 Å². The van der Waals surface area contributed by atoms with E-state index < -0.39 is 19.9 Å². The van der Waals surface area contributed by atoms with Crippen molar-refractivity contribution in [3.63, 3.8) is 0 Å². The minimum atomic E-state index is -3.96. The maximum absolute atomic E-state index is 12.5. The molecule has 0 saturated carbocycles. The van der Waals surface area contributed by atoms with Crippen molar-refractivity contribution < 1.29 is 21.6 Å². The molecule has 0 atom stereocenters. The zero-order chi connectivity index (χ0) is 20.5. The molecule has 0 aliphatic carbocycles. The van der Waals surface area contributed by atoms with Crippen molar-refractivity contribution in [2.75, 3.05) is 29.3 Å². The van der Waals surface area contributed by atoms with Gasteiger partial charge in [-0.2, -0.15) is 0 Å². The first-order chi connectivity index (χ1) is 13.1. The molecule has 1 fully saturated rings. The molecule has 2 aromatic carbocycles. The number of sulfone groups is 1. The number of hydrogen-bond acceptors (Lipinski definition) is 5. The molecule has 28 heavy (non-hydrogen) atoms. The highest BCUT2D eigenvalue weighted by atomic mass is 35.5. The Balaban J connectivity index is 1.74. The van der Waals surface area contributed by atoms with Crippen LogP contribution < -0.4 is 4.72 Å². The summed E-state index contributed by atoms with van der Waals surface area (Å²) in [6, 6.07) is 9.96. The zero-order valence-electron chi connectivity index (χ0n) is 14.4. The van der Waals surface area contributed by atoms with Crippen LogP contribution in [0.4, 0.5) is 5.69 Å². The maximum atomic E-state index is 12.5. The molecule has 0 spiro atoms. The molecule has 0 aromatic heterocycles. The van der Waals surface area contributed by atoms with Gasteiger partial charge in [0.25, 0.3) is 15.9 Å². The number of carbonyl (C=O) groups excluding carboxylic acids is 1. The molecular formula is C17H16Cl2N2O5S2. The average molecular weight is 463 g/mol. The fraction of sp³-hybridized carbons (Fsp3) is 0.235. The summed E-state index contributed by atoms with van der Waals surface area (Å²) in [6.45, 7) is 0.283. The molecule has 1 aliphatic heterocycles. The number of nitrogens with one attached hydrogen (secondary N) is 1. The van der Waals surface area contributed by atoms with Gasteiger partial charge in [-0.05, 0) is 42.5 Å². The Bertz CT molecular complexity index is 1100. The summed E-state index contributed by atoms with van der Waals surface area (Å²) < 4.78 is 50.4. The van der Waals surface area contributed by atoms with Gasteiger partial charge in [0.05, 0.1) is 16.5 Å². The predicted molar refractivity (Wildman–Crippen MR) is 108 cm³/mol. The zero-order valence-corrected chi connectivity index (χ0v) is 17.6. The lowest BCUT2D eigenvalue weighted by atomic mass is 10.2. The van der Waals surface area contributed by atoms with Crippen LogP contribution in [0.15, 0.2) is 47.4 Å². The number of benzene rings is 2. The normalized spacial score (nSPS) is 16.6. The van der Waals surface area contributed by atoms with Crippen LogP contribution in [0.3, 0.4) is 0 Å². The van der Waals surface area contributed by atoms with Crippen LogP contribution in [0.5, 0.6) is 0 Å². The number of carbonyl (C=O) groups is 1. The molecule has 1 N–H and O–H groups in total. The van der Waals surface area contributed by atoms with Gasteiger partial charge in [0.15, 0.2) is 9.84 Å². The summed E-state index contributed by atoms with van der Waals surface area (Å²) in [5, 5.41) is 0.262. The van der Waals surface area contributed by atoms with Crippen LogP contribution in [-0.4, -0.2) is 52.2 Å². The molecule has 1 heterocycles. The first kappa shape index (κ1) is 20.9. The number of anilines is 1. The fourth-order valence-corrected chi connectivity index (χ4v) is 5.70. The van der Waals surface area contributed by atoms with Crippen molar-refractivity contribution in [1.29, 1.82) is 0 Å². The summed E-state index contributed by atoms with van der Waals surface area (Å²) >= 11 is 11.8. The second-order valence-electron chi connectivity index (χ2n) is 6.20. The number of amides is 1. The second kappa shape index (κ2) is 7.90. The lowest BCUT2D eigenvalue weighted by molar-refractivity contribution is 0.0770. The van der Waals surface area contributed by atoms with Crippen molar-refractivity contribution in [3.05, 3.63) is 58.1 Å². The predicted octanol–water partition coefficient (Wildman–Crippen LogP) is 2.66. The minimum Gasteiger partial charge on any atom is -0.337 e. The van der Waals surface area contributed by atoms with Crippen molar-refractivity contribution in [3.8, 4) is 0 Å². The summed E-state index contributed by atoms with van der Waals surface area (Å²) in [7, 11) is -7.04. The Morgan fingerprint density at radius 3 is 2.21 bits per heavy atom. The van der Waals surface area contributed by atoms with Gasteiger partial charge in [0.2, 0.25) is 0 Å². The second-order valence-corrected chi connectivity index (χ2v) is 11.0. The highest BCUT2D eigenvalue weighted by molar-refractivity contribution is 7.93. The molecule has 1 aliphatic rings. The Hall–Kier alpha value is -1.81. The van der Waals surface area contributed by atoms with Crippen molar-refractivity contribution in [2.24, 2.45) is 0 Å². The molecule has 1 saturated heterocycles. The van der Waals surface area contributed by atoms with Crippen LogP contribution in [0, 0.1) is 0 Å². The van der Waals surface area contributed by atoms with Crippen LogP contribution in [0.1, 0.15) is 10.4 Å². The topological polar surface area (TPSA) is 101 Å². The van der Waals surface area contributed by atoms with Gasteiger partial charge in [-0.1, -0.05) is 23.2 Å². The number of halogens is 2. The summed E-state index contributed by atoms with van der Waals surface area (Å²) in [5.41, 5.74) is 0.580. The summed E-state index contributed by atoms with van der Waals surface area (Å²) in [6.07, 6.45) is 0. The summed E-state index contributed by atoms with van der Waals surface area (Å²) in [5.74, 6) is -0.421. The largest absolute Gasteiger partial charge is 0.337 e. The van der Waals surface area contributed by atoms with E-state index in [2.05, 4.69) is 4.72 Å². The molecule has 150 valence electrons. The first-order valence-corrected chi connectivity index (χ1v) is 12.2. The molecule has 3 rings (SSSR count). The third kappa shape index (κ3) is 4.78. The minimum absolute atomic E-state index is 0.0312. The van der Waals surface area contributed by atoms with Crippen LogP contribution in [0.25, 0.3) is 0 Å². The van der Waals surface area contributed by atoms with E-state index in [0.717, 1.165) is 0 Å². The third-order valence-corrected chi connectivity index (χ3v) is 7.91. The average Bonchev–Trinajstić information content (AvgIpc) is 2.63. The Kier molecular flexibility index (Phi) is 5.90. The van der Waals surface area contributed by atoms with E-state index in [4.69, 9.17) is 23.2 Å². The lowest BCUT2D eigenvalue weighted by Crippen LogP contribution is -2.43. The monoisotopic (exact) mass is 462 g/mol. The Labute approximate surface area is 173 Å². The molecule has 0 radical (unpaired) electrons. The van der Waals surface area contributed by atoms with E-state index >= 15 is 0 Å². The SMILES string of the molecule is O=C(c1ccc(NS(=O)(=O)c2cc(Cl)ccc2Cl)cc1)N1CCS(=O)(=O)CC1. The maximum Gasteiger partial charge on any atom is 0.263 e. The molecule has 1 amide bonds. The van der Waals surface area contributed by atoms with Gasteiger partial charge < -0.3 is 4.90 Å². The quantitative estimate of drug-likeness (QED) is 0.752. The standard InChI is InChI=1S/C17H16Cl2N2O5S2/c18-13-3-6-15(19)16(11-13)28(25,26)20-14-4-1-12(2-5-14)17(22)21-7-9-27(23,24)10-8-21/h1-6,11,20H,7-10H2. The first-order valence-electron chi connectivity index (χ1n) is 8.15. The van der Waals surface area contributed by atoms with E-state index in [-0.39, 0.29) is 51.1 Å². The summed E-state index contributed by atoms with van der Waals surface area (Å²) in [4.78, 5) is 13.8. The van der Waals surface area contributed by atoms with Crippen molar-refractivity contribution in [2.45, 2.75) is 4.90 Å². The van der Waals surface area contributed by atoms with Gasteiger partial charge in [-0.25, -0.2) is 16.8 Å². The molecule has 2 aromatic rings. The smallest absolute Gasteiger partial charge is 0.263 e. The third-order valence-electron chi connectivity index (χ3n) is 4.20. The highest BCUT2D eigenvalue weighted by Crippen LogP contribution is 2.27. The van der Waals surface area contributed by atoms with Crippen LogP contribution in [0.2, 0.25) is 10.0 Å². The van der Waals surface area contributed by atoms with E-state index in [1.165, 1.54) is 47.4 Å². The number of nitrogens with zero attached hydrogens (tertiary/aromatic N) is 1. The van der Waals surface area contributed by atoms with Crippen LogP contribution in [-0.2, 0) is 19.9 Å². The van der Waals surface area contributed by atoms with Crippen molar-refractivity contribution in [1.82, 2.24) is 4.90 Å². The van der Waals surface area contributed by atoms with Gasteiger partial charge in [0, 0.05) is 29.4 Å². The van der Waals surface area contributed by atoms with Crippen molar-refractivity contribution >= 4 is 54.7 Å². The number of rotatable bonds is 4. The molecule has 7 nitrogen and oxygen atoms in total. The molecule has 0 unspecified atom stereocenters. The van der Waals surface area contributed by atoms with E-state index in [0.29, 0.717) is 5.56 Å². The highest BCUT2D eigenvalue weighted by Gasteiger charge is 2.26. The fourth-order valence-electron chi connectivity index (χ4n) is 2.67. The lowest BCUT2D eigenvalue weighted by Gasteiger charge is -2.26. The van der Waals surface area contributed by atoms with Gasteiger partial charge in [-0.3, -0.25) is 9.52 Å². The van der Waals surface area contributed by atoms with Gasteiger partial charge in [-0.15, -0.1) is 0 Å². The Morgan fingerprint density at radius 2 is 1.61 bits per heavy atom. The van der Waals surface area contributed by atoms with E-state index in [1.807, 2.05) is 0 Å². The number of sulfonamides is 1. The molecular weight excluding hydrogens is 447 g/mol. The Morgan fingerprint density at radius 1 is 1.00 bits per heavy atom.